The average molecular weight is 415 g/mol. The van der Waals surface area contributed by atoms with E-state index in [0.717, 1.165) is 5.33 Å². The number of ether oxygens (including phenoxy) is 1. The van der Waals surface area contributed by atoms with Crippen LogP contribution in [0, 0.1) is 0 Å². The number of alkyl halides is 1. The number of sulfonamides is 1. The predicted octanol–water partition coefficient (Wildman–Crippen LogP) is 2.87. The van der Waals surface area contributed by atoms with Crippen LogP contribution in [0.3, 0.4) is 0 Å². The Bertz CT molecular complexity index is 494. The third-order valence-corrected chi connectivity index (χ3v) is 5.82. The van der Waals surface area contributed by atoms with Crippen LogP contribution in [-0.4, -0.2) is 44.4 Å². The van der Waals surface area contributed by atoms with Crippen LogP contribution in [0.15, 0.2) is 33.6 Å². The molecule has 0 fully saturated rings. The monoisotopic (exact) mass is 413 g/mol. The summed E-state index contributed by atoms with van der Waals surface area (Å²) in [6.07, 6.45) is 0. The molecule has 0 bridgehead atoms. The van der Waals surface area contributed by atoms with Gasteiger partial charge >= 0.3 is 0 Å². The van der Waals surface area contributed by atoms with E-state index in [2.05, 4.69) is 31.9 Å². The molecule has 0 unspecified atom stereocenters. The summed E-state index contributed by atoms with van der Waals surface area (Å²) in [6.45, 7) is 3.56. The highest BCUT2D eigenvalue weighted by Crippen LogP contribution is 2.24. The van der Waals surface area contributed by atoms with Gasteiger partial charge in [-0.25, -0.2) is 8.42 Å². The van der Waals surface area contributed by atoms with Crippen molar-refractivity contribution < 1.29 is 13.2 Å². The van der Waals surface area contributed by atoms with Crippen LogP contribution >= 0.6 is 31.9 Å². The molecule has 0 aromatic heterocycles. The summed E-state index contributed by atoms with van der Waals surface area (Å²) >= 11 is 6.54. The van der Waals surface area contributed by atoms with Crippen LogP contribution in [-0.2, 0) is 14.8 Å². The van der Waals surface area contributed by atoms with Crippen molar-refractivity contribution in [2.45, 2.75) is 11.8 Å². The standard InChI is InChI=1S/C12H17Br2NO3S/c1-2-15(8-10-18-9-7-13)19(16,17)12-6-4-3-5-11(12)14/h3-6H,2,7-10H2,1H3. The van der Waals surface area contributed by atoms with Gasteiger partial charge < -0.3 is 4.74 Å². The van der Waals surface area contributed by atoms with Crippen LogP contribution in [0.4, 0.5) is 0 Å². The van der Waals surface area contributed by atoms with E-state index in [0.29, 0.717) is 30.8 Å². The van der Waals surface area contributed by atoms with E-state index in [9.17, 15) is 8.42 Å². The lowest BCUT2D eigenvalue weighted by molar-refractivity contribution is 0.138. The number of hydrogen-bond acceptors (Lipinski definition) is 3. The fraction of sp³-hybridized carbons (Fsp3) is 0.500. The molecule has 0 atom stereocenters. The fourth-order valence-corrected chi connectivity index (χ4v) is 4.19. The van der Waals surface area contributed by atoms with Crippen LogP contribution in [0.25, 0.3) is 0 Å². The van der Waals surface area contributed by atoms with E-state index in [1.807, 2.05) is 6.92 Å². The summed E-state index contributed by atoms with van der Waals surface area (Å²) in [7, 11) is -3.47. The molecule has 1 aromatic carbocycles. The number of likely N-dealkylation sites (N-methyl/N-ethyl adjacent to an activating group) is 1. The molecule has 7 heteroatoms. The van der Waals surface area contributed by atoms with Crippen molar-refractivity contribution in [3.8, 4) is 0 Å². The van der Waals surface area contributed by atoms with Gasteiger partial charge in [0.15, 0.2) is 0 Å². The molecule has 4 nitrogen and oxygen atoms in total. The zero-order valence-corrected chi connectivity index (χ0v) is 14.7. The number of benzene rings is 1. The molecule has 1 rings (SSSR count). The van der Waals surface area contributed by atoms with Crippen molar-refractivity contribution in [1.82, 2.24) is 4.31 Å². The topological polar surface area (TPSA) is 46.6 Å². The van der Waals surface area contributed by atoms with E-state index in [4.69, 9.17) is 4.74 Å². The number of nitrogens with zero attached hydrogens (tertiary/aromatic N) is 1. The molecule has 1 aromatic rings. The van der Waals surface area contributed by atoms with Crippen molar-refractivity contribution in [2.75, 3.05) is 31.6 Å². The third kappa shape index (κ3) is 4.82. The molecule has 0 saturated heterocycles. The molecule has 0 N–H and O–H groups in total. The van der Waals surface area contributed by atoms with Gasteiger partial charge in [0.25, 0.3) is 0 Å². The average Bonchev–Trinajstić information content (AvgIpc) is 2.39. The lowest BCUT2D eigenvalue weighted by Gasteiger charge is -2.21. The molecule has 0 saturated carbocycles. The Labute approximate surface area is 131 Å². The normalized spacial score (nSPS) is 12.0. The van der Waals surface area contributed by atoms with Crippen LogP contribution in [0.2, 0.25) is 0 Å². The second kappa shape index (κ2) is 8.36. The Balaban J connectivity index is 2.82. The van der Waals surface area contributed by atoms with Crippen molar-refractivity contribution in [3.63, 3.8) is 0 Å². The van der Waals surface area contributed by atoms with Gasteiger partial charge in [0.1, 0.15) is 0 Å². The van der Waals surface area contributed by atoms with Gasteiger partial charge in [0.05, 0.1) is 18.1 Å². The summed E-state index contributed by atoms with van der Waals surface area (Å²) < 4.78 is 32.3. The highest BCUT2D eigenvalue weighted by atomic mass is 79.9. The summed E-state index contributed by atoms with van der Waals surface area (Å²) in [5.74, 6) is 0. The van der Waals surface area contributed by atoms with Crippen LogP contribution in [0.1, 0.15) is 6.92 Å². The largest absolute Gasteiger partial charge is 0.379 e. The Morgan fingerprint density at radius 1 is 1.26 bits per heavy atom. The first kappa shape index (κ1) is 17.1. The lowest BCUT2D eigenvalue weighted by Crippen LogP contribution is -2.34. The number of hydrogen-bond donors (Lipinski definition) is 0. The van der Waals surface area contributed by atoms with Gasteiger partial charge in [0.2, 0.25) is 10.0 Å². The minimum Gasteiger partial charge on any atom is -0.379 e. The van der Waals surface area contributed by atoms with Crippen molar-refractivity contribution >= 4 is 41.9 Å². The quantitative estimate of drug-likeness (QED) is 0.485. The second-order valence-electron chi connectivity index (χ2n) is 3.73. The van der Waals surface area contributed by atoms with Crippen LogP contribution in [0.5, 0.6) is 0 Å². The smallest absolute Gasteiger partial charge is 0.244 e. The van der Waals surface area contributed by atoms with Gasteiger partial charge in [-0.1, -0.05) is 35.0 Å². The zero-order valence-electron chi connectivity index (χ0n) is 10.7. The Morgan fingerprint density at radius 3 is 2.53 bits per heavy atom. The van der Waals surface area contributed by atoms with Gasteiger partial charge in [-0.05, 0) is 28.1 Å². The molecular weight excluding hydrogens is 398 g/mol. The maximum atomic E-state index is 12.5. The lowest BCUT2D eigenvalue weighted by atomic mass is 10.4. The first-order valence-electron chi connectivity index (χ1n) is 5.92. The fourth-order valence-electron chi connectivity index (χ4n) is 1.56. The molecule has 0 aliphatic rings. The molecule has 0 aliphatic heterocycles. The predicted molar refractivity (Wildman–Crippen MR) is 83.2 cm³/mol. The van der Waals surface area contributed by atoms with E-state index in [-0.39, 0.29) is 4.90 Å². The number of halogens is 2. The summed E-state index contributed by atoms with van der Waals surface area (Å²) in [5.41, 5.74) is 0. The minimum atomic E-state index is -3.47. The van der Waals surface area contributed by atoms with Gasteiger partial charge in [0, 0.05) is 22.9 Å². The zero-order chi connectivity index (χ0) is 14.3. The minimum absolute atomic E-state index is 0.289. The van der Waals surface area contributed by atoms with Gasteiger partial charge in [-0.15, -0.1) is 0 Å². The number of rotatable bonds is 8. The second-order valence-corrected chi connectivity index (χ2v) is 7.28. The highest BCUT2D eigenvalue weighted by Gasteiger charge is 2.24. The van der Waals surface area contributed by atoms with E-state index in [1.165, 1.54) is 4.31 Å². The van der Waals surface area contributed by atoms with Crippen molar-refractivity contribution in [1.29, 1.82) is 0 Å². The maximum absolute atomic E-state index is 12.5. The molecule has 0 aliphatic carbocycles. The molecule has 0 amide bonds. The van der Waals surface area contributed by atoms with Gasteiger partial charge in [-0.2, -0.15) is 4.31 Å². The van der Waals surface area contributed by atoms with E-state index >= 15 is 0 Å². The molecule has 19 heavy (non-hydrogen) atoms. The molecule has 0 radical (unpaired) electrons. The SMILES string of the molecule is CCN(CCOCCBr)S(=O)(=O)c1ccccc1Br. The Kier molecular flexibility index (Phi) is 7.53. The highest BCUT2D eigenvalue weighted by molar-refractivity contribution is 9.10. The molecular formula is C12H17Br2NO3S. The summed E-state index contributed by atoms with van der Waals surface area (Å²) in [4.78, 5) is 0.289. The van der Waals surface area contributed by atoms with E-state index < -0.39 is 10.0 Å². The Hall–Kier alpha value is 0.0500. The Morgan fingerprint density at radius 2 is 1.95 bits per heavy atom. The van der Waals surface area contributed by atoms with Crippen molar-refractivity contribution in [3.05, 3.63) is 28.7 Å². The summed E-state index contributed by atoms with van der Waals surface area (Å²) in [5, 5.41) is 0.746. The molecule has 108 valence electrons. The van der Waals surface area contributed by atoms with E-state index in [1.54, 1.807) is 24.3 Å². The summed E-state index contributed by atoms with van der Waals surface area (Å²) in [6, 6.07) is 6.83. The van der Waals surface area contributed by atoms with Crippen LogP contribution < -0.4 is 0 Å². The first-order valence-corrected chi connectivity index (χ1v) is 9.28. The first-order chi connectivity index (χ1) is 9.04. The maximum Gasteiger partial charge on any atom is 0.244 e. The third-order valence-electron chi connectivity index (χ3n) is 2.51. The van der Waals surface area contributed by atoms with Crippen molar-refractivity contribution in [2.24, 2.45) is 0 Å². The van der Waals surface area contributed by atoms with Gasteiger partial charge in [-0.3, -0.25) is 0 Å². The molecule has 0 spiro atoms. The molecule has 0 heterocycles.